The van der Waals surface area contributed by atoms with E-state index in [1.54, 1.807) is 6.20 Å². The standard InChI is InChI=1S/C31H38FN5O2/c1-21-18-33-31-34-27-5-6-29(39-12-10-37-8-3-4-9-37)25(15-27)20-36(2)19-24-13-22(24)7-11-38-28-16-23(30(21)35-31)14-26(32)17-28/h5-6,14-18,22,24H,3-4,7-13,19-20H2,1-2H3,(H,33,34,35). The van der Waals surface area contributed by atoms with Crippen LogP contribution in [0.1, 0.15) is 36.8 Å². The van der Waals surface area contributed by atoms with Gasteiger partial charge in [0.05, 0.1) is 12.3 Å². The molecule has 1 saturated heterocycles. The second-order valence-corrected chi connectivity index (χ2v) is 11.3. The van der Waals surface area contributed by atoms with E-state index in [1.807, 2.05) is 19.1 Å². The lowest BCUT2D eigenvalue weighted by Gasteiger charge is -2.21. The van der Waals surface area contributed by atoms with E-state index in [-0.39, 0.29) is 5.82 Å². The Kier molecular flexibility index (Phi) is 7.66. The van der Waals surface area contributed by atoms with Crippen molar-refractivity contribution in [2.24, 2.45) is 11.8 Å². The lowest BCUT2D eigenvalue weighted by molar-refractivity contribution is 0.232. The molecule has 1 N–H and O–H groups in total. The first-order valence-corrected chi connectivity index (χ1v) is 14.2. The number of likely N-dealkylation sites (tertiary alicyclic amines) is 1. The van der Waals surface area contributed by atoms with Crippen molar-refractivity contribution in [3.8, 4) is 22.8 Å². The Balaban J connectivity index is 1.29. The van der Waals surface area contributed by atoms with Crippen molar-refractivity contribution in [3.63, 3.8) is 0 Å². The maximum absolute atomic E-state index is 14.6. The van der Waals surface area contributed by atoms with E-state index in [0.29, 0.717) is 48.0 Å². The highest BCUT2D eigenvalue weighted by Crippen LogP contribution is 2.42. The maximum Gasteiger partial charge on any atom is 0.227 e. The summed E-state index contributed by atoms with van der Waals surface area (Å²) in [6, 6.07) is 11.0. The first-order chi connectivity index (χ1) is 19.0. The number of benzene rings is 2. The van der Waals surface area contributed by atoms with Gasteiger partial charge < -0.3 is 19.7 Å². The van der Waals surface area contributed by atoms with Crippen LogP contribution in [0.2, 0.25) is 0 Å². The summed E-state index contributed by atoms with van der Waals surface area (Å²) < 4.78 is 26.9. The highest BCUT2D eigenvalue weighted by Gasteiger charge is 2.37. The van der Waals surface area contributed by atoms with E-state index in [4.69, 9.17) is 14.5 Å². The molecule has 0 amide bonds. The summed E-state index contributed by atoms with van der Waals surface area (Å²) in [7, 11) is 2.18. The van der Waals surface area contributed by atoms with Crippen LogP contribution >= 0.6 is 0 Å². The minimum atomic E-state index is -0.333. The van der Waals surface area contributed by atoms with Crippen molar-refractivity contribution in [3.05, 3.63) is 59.5 Å². The zero-order valence-electron chi connectivity index (χ0n) is 23.0. The second-order valence-electron chi connectivity index (χ2n) is 11.3. The van der Waals surface area contributed by atoms with Crippen LogP contribution in [-0.2, 0) is 6.54 Å². The predicted octanol–water partition coefficient (Wildman–Crippen LogP) is 5.66. The number of rotatable bonds is 4. The van der Waals surface area contributed by atoms with Gasteiger partial charge in [-0.15, -0.1) is 0 Å². The van der Waals surface area contributed by atoms with Gasteiger partial charge in [0.2, 0.25) is 5.95 Å². The molecule has 3 aliphatic rings. The Morgan fingerprint density at radius 1 is 1.13 bits per heavy atom. The largest absolute Gasteiger partial charge is 0.493 e. The Bertz CT molecular complexity index is 1310. The summed E-state index contributed by atoms with van der Waals surface area (Å²) in [5, 5.41) is 3.37. The average Bonchev–Trinajstić information content (AvgIpc) is 3.41. The third kappa shape index (κ3) is 6.50. The molecule has 1 saturated carbocycles. The summed E-state index contributed by atoms with van der Waals surface area (Å²) in [6.07, 6.45) is 6.53. The second kappa shape index (κ2) is 11.5. The third-order valence-electron chi connectivity index (χ3n) is 8.11. The van der Waals surface area contributed by atoms with Gasteiger partial charge in [0, 0.05) is 48.7 Å². The molecule has 1 aromatic heterocycles. The van der Waals surface area contributed by atoms with Crippen LogP contribution < -0.4 is 14.8 Å². The molecule has 0 spiro atoms. The van der Waals surface area contributed by atoms with Gasteiger partial charge in [-0.2, -0.15) is 0 Å². The number of fused-ring (bicyclic) bond motifs is 8. The molecule has 39 heavy (non-hydrogen) atoms. The van der Waals surface area contributed by atoms with Crippen LogP contribution in [0.3, 0.4) is 0 Å². The van der Waals surface area contributed by atoms with E-state index >= 15 is 0 Å². The number of halogens is 1. The molecule has 3 heterocycles. The molecule has 0 radical (unpaired) electrons. The zero-order valence-corrected chi connectivity index (χ0v) is 23.0. The molecule has 6 rings (SSSR count). The molecule has 1 aliphatic carbocycles. The number of nitrogens with one attached hydrogen (secondary N) is 1. The van der Waals surface area contributed by atoms with Gasteiger partial charge in [0.15, 0.2) is 0 Å². The minimum Gasteiger partial charge on any atom is -0.493 e. The maximum atomic E-state index is 14.6. The van der Waals surface area contributed by atoms with Crippen LogP contribution in [0.15, 0.2) is 42.6 Å². The van der Waals surface area contributed by atoms with Crippen molar-refractivity contribution < 1.29 is 13.9 Å². The van der Waals surface area contributed by atoms with Crippen LogP contribution in [0.25, 0.3) is 11.3 Å². The third-order valence-corrected chi connectivity index (χ3v) is 8.11. The molecule has 2 aliphatic heterocycles. The van der Waals surface area contributed by atoms with Gasteiger partial charge in [0.1, 0.15) is 23.9 Å². The number of nitrogens with zero attached hydrogens (tertiary/aromatic N) is 4. The monoisotopic (exact) mass is 531 g/mol. The fraction of sp³-hybridized carbons (Fsp3) is 0.484. The lowest BCUT2D eigenvalue weighted by Crippen LogP contribution is -2.25. The molecular formula is C31H38FN5O2. The summed E-state index contributed by atoms with van der Waals surface area (Å²) in [5.41, 5.74) is 4.28. The van der Waals surface area contributed by atoms with E-state index in [0.717, 1.165) is 48.6 Å². The van der Waals surface area contributed by atoms with Crippen molar-refractivity contribution in [2.75, 3.05) is 51.8 Å². The number of aromatic nitrogens is 2. The van der Waals surface area contributed by atoms with E-state index < -0.39 is 0 Å². The van der Waals surface area contributed by atoms with Crippen molar-refractivity contribution >= 4 is 11.6 Å². The summed E-state index contributed by atoms with van der Waals surface area (Å²) in [5.74, 6) is 2.91. The number of ether oxygens (including phenoxy) is 2. The van der Waals surface area contributed by atoms with Crippen LogP contribution in [0.5, 0.6) is 11.5 Å². The van der Waals surface area contributed by atoms with Gasteiger partial charge in [-0.25, -0.2) is 14.4 Å². The normalized spacial score (nSPS) is 21.7. The minimum absolute atomic E-state index is 0.333. The van der Waals surface area contributed by atoms with E-state index in [1.165, 1.54) is 44.5 Å². The summed E-state index contributed by atoms with van der Waals surface area (Å²) >= 11 is 0. The molecule has 6 bridgehead atoms. The summed E-state index contributed by atoms with van der Waals surface area (Å²) in [4.78, 5) is 14.1. The first kappa shape index (κ1) is 26.0. The Hall–Kier alpha value is -3.23. The van der Waals surface area contributed by atoms with Gasteiger partial charge in [-0.1, -0.05) is 0 Å². The highest BCUT2D eigenvalue weighted by atomic mass is 19.1. The van der Waals surface area contributed by atoms with Gasteiger partial charge >= 0.3 is 0 Å². The molecule has 2 aromatic carbocycles. The smallest absolute Gasteiger partial charge is 0.227 e. The molecule has 206 valence electrons. The Morgan fingerprint density at radius 3 is 2.87 bits per heavy atom. The fourth-order valence-electron chi connectivity index (χ4n) is 5.89. The van der Waals surface area contributed by atoms with Crippen LogP contribution in [0.4, 0.5) is 16.0 Å². The van der Waals surface area contributed by atoms with E-state index in [9.17, 15) is 4.39 Å². The Morgan fingerprint density at radius 2 is 2.00 bits per heavy atom. The molecule has 3 aromatic rings. The van der Waals surface area contributed by atoms with Gasteiger partial charge in [0.25, 0.3) is 0 Å². The van der Waals surface area contributed by atoms with Gasteiger partial charge in [-0.05, 0) is 100 Å². The lowest BCUT2D eigenvalue weighted by atomic mass is 10.1. The molecule has 2 unspecified atom stereocenters. The Labute approximate surface area is 230 Å². The molecule has 7 nitrogen and oxygen atoms in total. The van der Waals surface area contributed by atoms with Crippen LogP contribution in [0, 0.1) is 24.6 Å². The zero-order chi connectivity index (χ0) is 26.8. The van der Waals surface area contributed by atoms with Crippen molar-refractivity contribution in [1.29, 1.82) is 0 Å². The molecule has 2 fully saturated rings. The molecule has 2 atom stereocenters. The number of hydrogen-bond donors (Lipinski definition) is 1. The topological polar surface area (TPSA) is 62.8 Å². The fourth-order valence-corrected chi connectivity index (χ4v) is 5.89. The van der Waals surface area contributed by atoms with Crippen LogP contribution in [-0.4, -0.2) is 66.2 Å². The number of anilines is 2. The first-order valence-electron chi connectivity index (χ1n) is 14.2. The van der Waals surface area contributed by atoms with Crippen molar-refractivity contribution in [1.82, 2.24) is 19.8 Å². The summed E-state index contributed by atoms with van der Waals surface area (Å²) in [6.45, 7) is 8.35. The average molecular weight is 532 g/mol. The van der Waals surface area contributed by atoms with Gasteiger partial charge in [-0.3, -0.25) is 4.90 Å². The quantitative estimate of drug-likeness (QED) is 0.466. The SMILES string of the molecule is Cc1cnc2nc1-c1cc(F)cc(c1)OCCC1CC1CN(C)Cc1cc(ccc1OCCN1CCCC1)N2. The predicted molar refractivity (Wildman–Crippen MR) is 151 cm³/mol. The molecular weight excluding hydrogens is 493 g/mol. The highest BCUT2D eigenvalue weighted by molar-refractivity contribution is 5.67. The number of hydrogen-bond acceptors (Lipinski definition) is 7. The molecule has 8 heteroatoms. The van der Waals surface area contributed by atoms with Crippen molar-refractivity contribution in [2.45, 2.75) is 39.2 Å². The number of aryl methyl sites for hydroxylation is 1. The van der Waals surface area contributed by atoms with E-state index in [2.05, 4.69) is 39.3 Å².